The summed E-state index contributed by atoms with van der Waals surface area (Å²) in [5.41, 5.74) is 2.33. The fraction of sp³-hybridized carbons (Fsp3) is 0.316. The van der Waals surface area contributed by atoms with E-state index >= 15 is 0 Å². The van der Waals surface area contributed by atoms with Gasteiger partial charge in [-0.25, -0.2) is 4.39 Å². The zero-order valence-corrected chi connectivity index (χ0v) is 14.2. The molecule has 3 nitrogen and oxygen atoms in total. The summed E-state index contributed by atoms with van der Waals surface area (Å²) in [7, 11) is -1.11. The fourth-order valence-electron chi connectivity index (χ4n) is 2.90. The second-order valence-electron chi connectivity index (χ2n) is 6.05. The van der Waals surface area contributed by atoms with Crippen LogP contribution in [-0.2, 0) is 22.3 Å². The van der Waals surface area contributed by atoms with Crippen LogP contribution in [0, 0.1) is 5.82 Å². The third-order valence-electron chi connectivity index (χ3n) is 4.14. The molecule has 1 fully saturated rings. The summed E-state index contributed by atoms with van der Waals surface area (Å²) in [6.45, 7) is 1.66. The average Bonchev–Trinajstić information content (AvgIpc) is 3.09. The van der Waals surface area contributed by atoms with Gasteiger partial charge in [-0.05, 0) is 48.2 Å². The molecule has 1 saturated heterocycles. The van der Waals surface area contributed by atoms with Crippen LogP contribution in [0.25, 0.3) is 0 Å². The van der Waals surface area contributed by atoms with Crippen LogP contribution >= 0.6 is 0 Å². The minimum Gasteiger partial charge on any atom is -0.339 e. The number of benzene rings is 2. The minimum atomic E-state index is -1.11. The van der Waals surface area contributed by atoms with Crippen molar-refractivity contribution in [3.63, 3.8) is 0 Å². The molecule has 2 aromatic carbocycles. The summed E-state index contributed by atoms with van der Waals surface area (Å²) < 4.78 is 25.4. The van der Waals surface area contributed by atoms with Crippen LogP contribution in [0.15, 0.2) is 48.5 Å². The van der Waals surface area contributed by atoms with Crippen molar-refractivity contribution in [3.8, 4) is 0 Å². The molecule has 1 aliphatic heterocycles. The summed E-state index contributed by atoms with van der Waals surface area (Å²) in [5.74, 6) is 0.482. The molecule has 2 aromatic rings. The molecule has 0 N–H and O–H groups in total. The summed E-state index contributed by atoms with van der Waals surface area (Å²) in [5, 5.41) is 0. The van der Waals surface area contributed by atoms with Gasteiger partial charge < -0.3 is 4.90 Å². The molecule has 0 spiro atoms. The van der Waals surface area contributed by atoms with E-state index in [9.17, 15) is 13.4 Å². The minimum absolute atomic E-state index is 0.0694. The molecule has 0 saturated carbocycles. The number of halogens is 1. The summed E-state index contributed by atoms with van der Waals surface area (Å²) in [6.07, 6.45) is 2.14. The van der Waals surface area contributed by atoms with E-state index in [-0.39, 0.29) is 11.7 Å². The molecule has 0 bridgehead atoms. The summed E-state index contributed by atoms with van der Waals surface area (Å²) >= 11 is 0. The molecule has 0 radical (unpaired) electrons. The Morgan fingerprint density at radius 3 is 2.33 bits per heavy atom. The van der Waals surface area contributed by atoms with E-state index in [0.29, 0.717) is 17.1 Å². The molecule has 1 atom stereocenters. The standard InChI is InChI=1S/C19H20FNO2S/c20-18-5-3-4-16(12-18)14-24(23)13-15-6-8-17(9-7-15)19(22)21-10-1-2-11-21/h3-9,12H,1-2,10-11,13-14H2. The number of amides is 1. The Balaban J connectivity index is 1.59. The number of hydrogen-bond acceptors (Lipinski definition) is 2. The maximum atomic E-state index is 13.2. The van der Waals surface area contributed by atoms with Crippen LogP contribution in [0.1, 0.15) is 34.3 Å². The van der Waals surface area contributed by atoms with Crippen molar-refractivity contribution in [2.75, 3.05) is 13.1 Å². The quantitative estimate of drug-likeness (QED) is 0.832. The second-order valence-corrected chi connectivity index (χ2v) is 7.51. The highest BCUT2D eigenvalue weighted by atomic mass is 32.2. The van der Waals surface area contributed by atoms with E-state index in [4.69, 9.17) is 0 Å². The highest BCUT2D eigenvalue weighted by Crippen LogP contribution is 2.15. The normalized spacial score (nSPS) is 15.5. The largest absolute Gasteiger partial charge is 0.339 e. The maximum absolute atomic E-state index is 13.2. The highest BCUT2D eigenvalue weighted by Gasteiger charge is 2.19. The Hall–Kier alpha value is -2.01. The van der Waals surface area contributed by atoms with E-state index < -0.39 is 10.8 Å². The lowest BCUT2D eigenvalue weighted by atomic mass is 10.1. The van der Waals surface area contributed by atoms with Gasteiger partial charge in [-0.3, -0.25) is 9.00 Å². The van der Waals surface area contributed by atoms with Gasteiger partial charge in [0.1, 0.15) is 5.82 Å². The van der Waals surface area contributed by atoms with E-state index in [0.717, 1.165) is 37.1 Å². The molecule has 24 heavy (non-hydrogen) atoms. The monoisotopic (exact) mass is 345 g/mol. The molecule has 5 heteroatoms. The molecule has 1 heterocycles. The van der Waals surface area contributed by atoms with E-state index in [2.05, 4.69) is 0 Å². The van der Waals surface area contributed by atoms with Gasteiger partial charge in [0, 0.05) is 41.0 Å². The zero-order valence-electron chi connectivity index (χ0n) is 13.4. The lowest BCUT2D eigenvalue weighted by Crippen LogP contribution is -2.27. The molecule has 1 aliphatic rings. The molecule has 1 amide bonds. The van der Waals surface area contributed by atoms with Gasteiger partial charge in [0.2, 0.25) is 0 Å². The van der Waals surface area contributed by atoms with Gasteiger partial charge in [0.05, 0.1) is 0 Å². The van der Waals surface area contributed by atoms with Crippen LogP contribution < -0.4 is 0 Å². The number of carbonyl (C=O) groups is 1. The third-order valence-corrected chi connectivity index (χ3v) is 5.45. The van der Waals surface area contributed by atoms with E-state index in [1.165, 1.54) is 12.1 Å². The number of rotatable bonds is 5. The Morgan fingerprint density at radius 2 is 1.67 bits per heavy atom. The first-order chi connectivity index (χ1) is 11.6. The van der Waals surface area contributed by atoms with Gasteiger partial charge in [-0.1, -0.05) is 24.3 Å². The lowest BCUT2D eigenvalue weighted by Gasteiger charge is -2.15. The lowest BCUT2D eigenvalue weighted by molar-refractivity contribution is 0.0793. The van der Waals surface area contributed by atoms with Crippen molar-refractivity contribution in [2.24, 2.45) is 0 Å². The van der Waals surface area contributed by atoms with Gasteiger partial charge in [-0.2, -0.15) is 0 Å². The van der Waals surface area contributed by atoms with Gasteiger partial charge in [-0.15, -0.1) is 0 Å². The van der Waals surface area contributed by atoms with Crippen molar-refractivity contribution in [3.05, 3.63) is 71.0 Å². The molecule has 0 aliphatic carbocycles. The van der Waals surface area contributed by atoms with Crippen LogP contribution in [-0.4, -0.2) is 28.1 Å². The van der Waals surface area contributed by atoms with Crippen molar-refractivity contribution in [1.82, 2.24) is 4.90 Å². The Bertz CT molecular complexity index is 739. The second kappa shape index (κ2) is 7.71. The van der Waals surface area contributed by atoms with E-state index in [1.54, 1.807) is 24.3 Å². The van der Waals surface area contributed by atoms with Gasteiger partial charge >= 0.3 is 0 Å². The fourth-order valence-corrected chi connectivity index (χ4v) is 4.11. The van der Waals surface area contributed by atoms with Crippen LogP contribution in [0.4, 0.5) is 4.39 Å². The van der Waals surface area contributed by atoms with Crippen molar-refractivity contribution in [2.45, 2.75) is 24.3 Å². The predicted molar refractivity (Wildman–Crippen MR) is 93.5 cm³/mol. The first-order valence-electron chi connectivity index (χ1n) is 8.09. The Morgan fingerprint density at radius 1 is 1.00 bits per heavy atom. The number of hydrogen-bond donors (Lipinski definition) is 0. The molecule has 1 unspecified atom stereocenters. The predicted octanol–water partition coefficient (Wildman–Crippen LogP) is 3.51. The molecular formula is C19H20FNO2S. The number of likely N-dealkylation sites (tertiary alicyclic amines) is 1. The van der Waals surface area contributed by atoms with Crippen molar-refractivity contribution < 1.29 is 13.4 Å². The SMILES string of the molecule is O=C(c1ccc(CS(=O)Cc2cccc(F)c2)cc1)N1CCCC1. The first-order valence-corrected chi connectivity index (χ1v) is 9.58. The molecule has 0 aromatic heterocycles. The van der Waals surface area contributed by atoms with Crippen LogP contribution in [0.3, 0.4) is 0 Å². The molecular weight excluding hydrogens is 325 g/mol. The molecule has 3 rings (SSSR count). The number of nitrogens with zero attached hydrogens (tertiary/aromatic N) is 1. The number of carbonyl (C=O) groups excluding carboxylic acids is 1. The topological polar surface area (TPSA) is 37.4 Å². The average molecular weight is 345 g/mol. The Kier molecular flexibility index (Phi) is 5.41. The third kappa shape index (κ3) is 4.29. The van der Waals surface area contributed by atoms with E-state index in [1.807, 2.05) is 17.0 Å². The van der Waals surface area contributed by atoms with Crippen LogP contribution in [0.2, 0.25) is 0 Å². The summed E-state index contributed by atoms with van der Waals surface area (Å²) in [4.78, 5) is 14.2. The Labute approximate surface area is 143 Å². The maximum Gasteiger partial charge on any atom is 0.253 e. The first kappa shape index (κ1) is 16.8. The van der Waals surface area contributed by atoms with Crippen LogP contribution in [0.5, 0.6) is 0 Å². The highest BCUT2D eigenvalue weighted by molar-refractivity contribution is 7.83. The van der Waals surface area contributed by atoms with Crippen molar-refractivity contribution >= 4 is 16.7 Å². The zero-order chi connectivity index (χ0) is 16.9. The van der Waals surface area contributed by atoms with Gasteiger partial charge in [0.15, 0.2) is 0 Å². The van der Waals surface area contributed by atoms with Gasteiger partial charge in [0.25, 0.3) is 5.91 Å². The summed E-state index contributed by atoms with van der Waals surface area (Å²) in [6, 6.07) is 13.5. The molecule has 126 valence electrons. The van der Waals surface area contributed by atoms with Crippen molar-refractivity contribution in [1.29, 1.82) is 0 Å². The smallest absolute Gasteiger partial charge is 0.253 e.